The minimum Gasteiger partial charge on any atom is -0.487 e. The largest absolute Gasteiger partial charge is 0.487 e. The minimum absolute atomic E-state index is 0.0103. The molecule has 0 atom stereocenters. The van der Waals surface area contributed by atoms with E-state index in [2.05, 4.69) is 37.4 Å². The molecule has 0 unspecified atom stereocenters. The lowest BCUT2D eigenvalue weighted by Crippen LogP contribution is -2.11. The van der Waals surface area contributed by atoms with Crippen LogP contribution in [0.2, 0.25) is 0 Å². The first-order valence-electron chi connectivity index (χ1n) is 10.5. The lowest BCUT2D eigenvalue weighted by atomic mass is 10.1. The quantitative estimate of drug-likeness (QED) is 0.241. The molecule has 34 heavy (non-hydrogen) atoms. The second-order valence-electron chi connectivity index (χ2n) is 7.26. The van der Waals surface area contributed by atoms with E-state index < -0.39 is 10.1 Å². The number of hydrogen-bond acceptors (Lipinski definition) is 10. The number of nitrogens with one attached hydrogen (secondary N) is 2. The Morgan fingerprint density at radius 1 is 1.06 bits per heavy atom. The maximum absolute atomic E-state index is 11.1. The lowest BCUT2D eigenvalue weighted by Gasteiger charge is -2.13. The fourth-order valence-corrected chi connectivity index (χ4v) is 3.57. The molecular formula is C22H24N6O5S. The van der Waals surface area contributed by atoms with Crippen LogP contribution >= 0.6 is 0 Å². The van der Waals surface area contributed by atoms with Gasteiger partial charge in [-0.15, -0.1) is 5.10 Å². The highest BCUT2D eigenvalue weighted by molar-refractivity contribution is 7.85. The van der Waals surface area contributed by atoms with Crippen molar-refractivity contribution in [1.82, 2.24) is 25.1 Å². The van der Waals surface area contributed by atoms with Crippen molar-refractivity contribution < 1.29 is 22.1 Å². The molecule has 0 amide bonds. The number of ether oxygens (including phenoxy) is 2. The molecule has 0 spiro atoms. The zero-order chi connectivity index (χ0) is 24.0. The van der Waals surface area contributed by atoms with E-state index in [1.54, 1.807) is 6.20 Å². The van der Waals surface area contributed by atoms with E-state index in [1.165, 1.54) is 6.33 Å². The Balaban J connectivity index is 1.49. The molecule has 1 aromatic carbocycles. The molecule has 0 aliphatic carbocycles. The molecular weight excluding hydrogens is 460 g/mol. The van der Waals surface area contributed by atoms with E-state index >= 15 is 0 Å². The van der Waals surface area contributed by atoms with Crippen LogP contribution in [0.15, 0.2) is 48.9 Å². The van der Waals surface area contributed by atoms with Crippen LogP contribution in [0.4, 0.5) is 11.5 Å². The molecule has 11 nitrogen and oxygen atoms in total. The molecule has 3 aromatic heterocycles. The number of hydrogen-bond donors (Lipinski definition) is 2. The third kappa shape index (κ3) is 5.97. The van der Waals surface area contributed by atoms with Crippen LogP contribution in [-0.2, 0) is 27.3 Å². The van der Waals surface area contributed by atoms with Gasteiger partial charge in [0.2, 0.25) is 5.88 Å². The van der Waals surface area contributed by atoms with Crippen LogP contribution < -0.4 is 14.8 Å². The van der Waals surface area contributed by atoms with Gasteiger partial charge in [0.05, 0.1) is 11.9 Å². The molecule has 0 saturated heterocycles. The summed E-state index contributed by atoms with van der Waals surface area (Å²) in [5, 5.41) is 10.7. The second-order valence-corrected chi connectivity index (χ2v) is 8.90. The van der Waals surface area contributed by atoms with Crippen molar-refractivity contribution in [2.75, 3.05) is 24.8 Å². The maximum atomic E-state index is 11.1. The normalized spacial score (nSPS) is 11.5. The smallest absolute Gasteiger partial charge is 0.264 e. The van der Waals surface area contributed by atoms with Crippen molar-refractivity contribution in [3.63, 3.8) is 0 Å². The SMILES string of the molecule is CCc1cc(Nc2ncnc3[nH]nc(OCCOS(C)(=O)=O)c23)ccc1OCc1ccccn1. The highest BCUT2D eigenvalue weighted by Crippen LogP contribution is 2.31. The summed E-state index contributed by atoms with van der Waals surface area (Å²) in [6, 6.07) is 11.5. The Hall–Kier alpha value is -3.77. The Bertz CT molecular complexity index is 1360. The Morgan fingerprint density at radius 3 is 2.71 bits per heavy atom. The molecule has 0 fully saturated rings. The molecule has 2 N–H and O–H groups in total. The third-order valence-electron chi connectivity index (χ3n) is 4.75. The van der Waals surface area contributed by atoms with Crippen molar-refractivity contribution >= 4 is 32.7 Å². The summed E-state index contributed by atoms with van der Waals surface area (Å²) >= 11 is 0. The van der Waals surface area contributed by atoms with Gasteiger partial charge in [-0.25, -0.2) is 9.97 Å². The first kappa shape index (κ1) is 23.4. The van der Waals surface area contributed by atoms with Gasteiger partial charge in [-0.1, -0.05) is 13.0 Å². The van der Waals surface area contributed by atoms with Crippen LogP contribution in [0.1, 0.15) is 18.2 Å². The molecule has 0 aliphatic heterocycles. The van der Waals surface area contributed by atoms with Crippen molar-refractivity contribution in [1.29, 1.82) is 0 Å². The summed E-state index contributed by atoms with van der Waals surface area (Å²) in [7, 11) is -3.55. The van der Waals surface area contributed by atoms with Crippen molar-refractivity contribution in [3.8, 4) is 11.6 Å². The maximum Gasteiger partial charge on any atom is 0.264 e. The van der Waals surface area contributed by atoms with Crippen LogP contribution in [-0.4, -0.2) is 53.0 Å². The molecule has 12 heteroatoms. The number of aromatic amines is 1. The Kier molecular flexibility index (Phi) is 7.18. The molecule has 0 radical (unpaired) electrons. The number of aryl methyl sites for hydroxylation is 1. The number of aromatic nitrogens is 5. The van der Waals surface area contributed by atoms with Gasteiger partial charge < -0.3 is 14.8 Å². The number of H-pyrrole nitrogens is 1. The summed E-state index contributed by atoms with van der Waals surface area (Å²) < 4.78 is 38.5. The monoisotopic (exact) mass is 484 g/mol. The van der Waals surface area contributed by atoms with Gasteiger partial charge in [-0.2, -0.15) is 8.42 Å². The molecule has 4 aromatic rings. The molecule has 178 valence electrons. The first-order valence-corrected chi connectivity index (χ1v) is 12.3. The molecule has 4 rings (SSSR count). The summed E-state index contributed by atoms with van der Waals surface area (Å²) in [4.78, 5) is 12.8. The van der Waals surface area contributed by atoms with Crippen LogP contribution in [0.25, 0.3) is 11.0 Å². The Labute approximate surface area is 196 Å². The van der Waals surface area contributed by atoms with Crippen LogP contribution in [0.5, 0.6) is 11.6 Å². The summed E-state index contributed by atoms with van der Waals surface area (Å²) in [6.07, 6.45) is 4.89. The number of fused-ring (bicyclic) bond motifs is 1. The van der Waals surface area contributed by atoms with Gasteiger partial charge in [-0.3, -0.25) is 14.3 Å². The number of anilines is 2. The Morgan fingerprint density at radius 2 is 1.94 bits per heavy atom. The van der Waals surface area contributed by atoms with Gasteiger partial charge in [0.1, 0.15) is 43.1 Å². The van der Waals surface area contributed by atoms with Gasteiger partial charge in [0.15, 0.2) is 5.65 Å². The molecule has 0 bridgehead atoms. The third-order valence-corrected chi connectivity index (χ3v) is 5.34. The van der Waals surface area contributed by atoms with E-state index in [9.17, 15) is 8.42 Å². The zero-order valence-corrected chi connectivity index (χ0v) is 19.5. The average molecular weight is 485 g/mol. The predicted octanol–water partition coefficient (Wildman–Crippen LogP) is 2.99. The summed E-state index contributed by atoms with van der Waals surface area (Å²) in [5.74, 6) is 1.51. The van der Waals surface area contributed by atoms with E-state index in [0.717, 1.165) is 35.4 Å². The summed E-state index contributed by atoms with van der Waals surface area (Å²) in [6.45, 7) is 2.29. The minimum atomic E-state index is -3.55. The number of benzene rings is 1. The number of rotatable bonds is 11. The molecule has 0 aliphatic rings. The van der Waals surface area contributed by atoms with Gasteiger partial charge in [0.25, 0.3) is 10.1 Å². The van der Waals surface area contributed by atoms with E-state index in [-0.39, 0.29) is 19.1 Å². The van der Waals surface area contributed by atoms with Gasteiger partial charge in [0, 0.05) is 11.9 Å². The second kappa shape index (κ2) is 10.4. The fourth-order valence-electron chi connectivity index (χ4n) is 3.20. The van der Waals surface area contributed by atoms with Crippen molar-refractivity contribution in [2.24, 2.45) is 0 Å². The van der Waals surface area contributed by atoms with E-state index in [0.29, 0.717) is 23.5 Å². The van der Waals surface area contributed by atoms with E-state index in [4.69, 9.17) is 13.7 Å². The van der Waals surface area contributed by atoms with Gasteiger partial charge in [-0.05, 0) is 42.3 Å². The molecule has 0 saturated carbocycles. The standard InChI is InChI=1S/C22H24N6O5S/c1-3-15-12-16(7-8-18(15)32-13-17-6-4-5-9-23-17)26-20-19-21(25-14-24-20)27-28-22(19)31-10-11-33-34(2,29)30/h4-9,12,14H,3,10-11,13H2,1-2H3,(H2,24,25,26,27,28). The van der Waals surface area contributed by atoms with E-state index in [1.807, 2.05) is 36.4 Å². The summed E-state index contributed by atoms with van der Waals surface area (Å²) in [5.41, 5.74) is 3.15. The van der Waals surface area contributed by atoms with Crippen molar-refractivity contribution in [2.45, 2.75) is 20.0 Å². The lowest BCUT2D eigenvalue weighted by molar-refractivity contribution is 0.218. The topological polar surface area (TPSA) is 141 Å². The van der Waals surface area contributed by atoms with Gasteiger partial charge >= 0.3 is 0 Å². The fraction of sp³-hybridized carbons (Fsp3) is 0.273. The highest BCUT2D eigenvalue weighted by atomic mass is 32.2. The molecule has 3 heterocycles. The highest BCUT2D eigenvalue weighted by Gasteiger charge is 2.15. The number of nitrogens with zero attached hydrogens (tertiary/aromatic N) is 4. The average Bonchev–Trinajstić information content (AvgIpc) is 3.25. The van der Waals surface area contributed by atoms with Crippen LogP contribution in [0, 0.1) is 0 Å². The van der Waals surface area contributed by atoms with Crippen molar-refractivity contribution in [3.05, 3.63) is 60.2 Å². The number of pyridine rings is 1. The first-order chi connectivity index (χ1) is 16.4. The predicted molar refractivity (Wildman–Crippen MR) is 126 cm³/mol. The van der Waals surface area contributed by atoms with Crippen LogP contribution in [0.3, 0.4) is 0 Å². The zero-order valence-electron chi connectivity index (χ0n) is 18.7.